The van der Waals surface area contributed by atoms with Crippen molar-refractivity contribution in [2.75, 3.05) is 36.7 Å². The number of anilines is 2. The lowest BCUT2D eigenvalue weighted by molar-refractivity contribution is -0.182. The molecule has 0 aliphatic carbocycles. The monoisotopic (exact) mass is 632 g/mol. The molecule has 0 unspecified atom stereocenters. The number of sulfone groups is 1. The Labute approximate surface area is 260 Å². The first-order valence-corrected chi connectivity index (χ1v) is 17.2. The van der Waals surface area contributed by atoms with Crippen molar-refractivity contribution in [2.24, 2.45) is 0 Å². The van der Waals surface area contributed by atoms with Gasteiger partial charge in [0.05, 0.1) is 35.5 Å². The SMILES string of the molecule is CCCCC1(CCCC)CS(=O)(=O)c2ccc(N(C)C)cc2[C@@H](c2cccc(NC(=O)N[C@@H]3O[C@H](CO)C[C@H](O)[C@H]3O)c2)N1. The maximum Gasteiger partial charge on any atom is 0.321 e. The number of carbonyl (C=O) groups excluding carboxylic acids is 1. The summed E-state index contributed by atoms with van der Waals surface area (Å²) >= 11 is 0. The summed E-state index contributed by atoms with van der Waals surface area (Å²) < 4.78 is 33.5. The van der Waals surface area contributed by atoms with Gasteiger partial charge in [0.15, 0.2) is 16.1 Å². The zero-order valence-corrected chi connectivity index (χ0v) is 26.9. The van der Waals surface area contributed by atoms with Crippen molar-refractivity contribution in [3.8, 4) is 0 Å². The molecule has 6 N–H and O–H groups in total. The lowest BCUT2D eigenvalue weighted by Crippen LogP contribution is -2.57. The molecule has 11 nitrogen and oxygen atoms in total. The maximum absolute atomic E-state index is 14.0. The quantitative estimate of drug-likeness (QED) is 0.219. The van der Waals surface area contributed by atoms with E-state index >= 15 is 0 Å². The van der Waals surface area contributed by atoms with E-state index in [1.165, 1.54) is 0 Å². The molecule has 0 spiro atoms. The van der Waals surface area contributed by atoms with E-state index in [-0.39, 0.29) is 18.8 Å². The smallest absolute Gasteiger partial charge is 0.321 e. The zero-order chi connectivity index (χ0) is 32.1. The summed E-state index contributed by atoms with van der Waals surface area (Å²) in [5.41, 5.74) is 2.15. The van der Waals surface area contributed by atoms with Gasteiger partial charge in [-0.2, -0.15) is 0 Å². The van der Waals surface area contributed by atoms with Crippen molar-refractivity contribution in [1.29, 1.82) is 0 Å². The first-order chi connectivity index (χ1) is 20.9. The van der Waals surface area contributed by atoms with E-state index in [1.807, 2.05) is 43.3 Å². The van der Waals surface area contributed by atoms with Gasteiger partial charge in [-0.3, -0.25) is 5.32 Å². The minimum absolute atomic E-state index is 0.00948. The lowest BCUT2D eigenvalue weighted by atomic mass is 9.86. The first-order valence-electron chi connectivity index (χ1n) is 15.5. The summed E-state index contributed by atoms with van der Waals surface area (Å²) in [6, 6.07) is 11.6. The Morgan fingerprint density at radius 3 is 2.43 bits per heavy atom. The van der Waals surface area contributed by atoms with Crippen molar-refractivity contribution in [1.82, 2.24) is 10.6 Å². The molecule has 2 aliphatic rings. The van der Waals surface area contributed by atoms with Gasteiger partial charge in [0.1, 0.15) is 6.10 Å². The summed E-state index contributed by atoms with van der Waals surface area (Å²) in [5, 5.41) is 39.0. The topological polar surface area (TPSA) is 160 Å². The predicted molar refractivity (Wildman–Crippen MR) is 171 cm³/mol. The van der Waals surface area contributed by atoms with Crippen LogP contribution < -0.4 is 20.9 Å². The molecule has 5 atom stereocenters. The maximum atomic E-state index is 14.0. The highest BCUT2D eigenvalue weighted by molar-refractivity contribution is 7.91. The minimum Gasteiger partial charge on any atom is -0.394 e. The molecular weight excluding hydrogens is 584 g/mol. The van der Waals surface area contributed by atoms with Gasteiger partial charge >= 0.3 is 6.03 Å². The van der Waals surface area contributed by atoms with Gasteiger partial charge in [-0.25, -0.2) is 13.2 Å². The number of benzene rings is 2. The van der Waals surface area contributed by atoms with Gasteiger partial charge < -0.3 is 35.6 Å². The highest BCUT2D eigenvalue weighted by Gasteiger charge is 2.43. The molecule has 12 heteroatoms. The second-order valence-corrected chi connectivity index (χ2v) is 14.3. The molecule has 0 bridgehead atoms. The fourth-order valence-electron chi connectivity index (χ4n) is 6.18. The predicted octanol–water partition coefficient (Wildman–Crippen LogP) is 3.29. The Bertz CT molecular complexity index is 1380. The Balaban J connectivity index is 1.70. The lowest BCUT2D eigenvalue weighted by Gasteiger charge is -2.37. The fourth-order valence-corrected chi connectivity index (χ4v) is 8.25. The molecule has 0 saturated carbocycles. The van der Waals surface area contributed by atoms with Gasteiger partial charge in [-0.15, -0.1) is 0 Å². The molecule has 2 heterocycles. The number of ether oxygens (including phenoxy) is 1. The van der Waals surface area contributed by atoms with Crippen LogP contribution in [0.25, 0.3) is 0 Å². The zero-order valence-electron chi connectivity index (χ0n) is 26.1. The number of amides is 2. The third-order valence-corrected chi connectivity index (χ3v) is 10.6. The van der Waals surface area contributed by atoms with Gasteiger partial charge in [0.25, 0.3) is 0 Å². The number of carbonyl (C=O) groups is 1. The van der Waals surface area contributed by atoms with Crippen LogP contribution in [0.15, 0.2) is 47.4 Å². The average molecular weight is 633 g/mol. The molecule has 1 saturated heterocycles. The summed E-state index contributed by atoms with van der Waals surface area (Å²) in [4.78, 5) is 15.2. The van der Waals surface area contributed by atoms with E-state index in [9.17, 15) is 28.5 Å². The molecule has 0 radical (unpaired) electrons. The van der Waals surface area contributed by atoms with Gasteiger partial charge in [0, 0.05) is 37.4 Å². The van der Waals surface area contributed by atoms with E-state index in [1.54, 1.807) is 18.2 Å². The third kappa shape index (κ3) is 7.91. The number of rotatable bonds is 11. The number of hydrogen-bond acceptors (Lipinski definition) is 9. The van der Waals surface area contributed by atoms with Crippen LogP contribution in [0.2, 0.25) is 0 Å². The standard InChI is InChI=1S/C32H48N4O7S/c1-5-7-14-32(15-8-6-2)20-44(41,42)27-13-12-23(36(3)4)17-25(27)28(35-32)21-10-9-11-22(16-21)33-31(40)34-30-29(39)26(38)18-24(19-37)43-30/h9-13,16-17,24,26,28-30,35,37-39H,5-8,14-15,18-20H2,1-4H3,(H2,33,34,40)/t24-,26-,28+,29+,30+/m0/s1. The second kappa shape index (κ2) is 14.6. The number of nitrogens with zero attached hydrogens (tertiary/aromatic N) is 1. The number of aliphatic hydroxyl groups is 3. The molecule has 44 heavy (non-hydrogen) atoms. The van der Waals surface area contributed by atoms with Crippen molar-refractivity contribution < 1.29 is 33.3 Å². The van der Waals surface area contributed by atoms with Crippen molar-refractivity contribution in [2.45, 2.75) is 99.8 Å². The third-order valence-electron chi connectivity index (χ3n) is 8.59. The van der Waals surface area contributed by atoms with Crippen LogP contribution in [-0.4, -0.2) is 86.3 Å². The Hall–Kier alpha value is -2.74. The molecule has 2 aliphatic heterocycles. The van der Waals surface area contributed by atoms with Crippen LogP contribution in [0, 0.1) is 0 Å². The van der Waals surface area contributed by atoms with Crippen LogP contribution in [-0.2, 0) is 14.6 Å². The minimum atomic E-state index is -3.63. The Morgan fingerprint density at radius 2 is 1.80 bits per heavy atom. The summed E-state index contributed by atoms with van der Waals surface area (Å²) in [6.45, 7) is 3.86. The summed E-state index contributed by atoms with van der Waals surface area (Å²) in [7, 11) is 0.204. The van der Waals surface area contributed by atoms with Crippen molar-refractivity contribution in [3.63, 3.8) is 0 Å². The molecule has 2 aromatic rings. The Kier molecular flexibility index (Phi) is 11.3. The Morgan fingerprint density at radius 1 is 1.09 bits per heavy atom. The largest absolute Gasteiger partial charge is 0.394 e. The molecular formula is C32H48N4O7S. The van der Waals surface area contributed by atoms with E-state index in [2.05, 4.69) is 29.8 Å². The summed E-state index contributed by atoms with van der Waals surface area (Å²) in [5.74, 6) is 0.00948. The van der Waals surface area contributed by atoms with Crippen LogP contribution in [0.3, 0.4) is 0 Å². The van der Waals surface area contributed by atoms with Crippen molar-refractivity contribution in [3.05, 3.63) is 53.6 Å². The second-order valence-electron chi connectivity index (χ2n) is 12.3. The van der Waals surface area contributed by atoms with Gasteiger partial charge in [-0.1, -0.05) is 51.7 Å². The molecule has 1 fully saturated rings. The molecule has 4 rings (SSSR count). The summed E-state index contributed by atoms with van der Waals surface area (Å²) in [6.07, 6.45) is 0.740. The fraction of sp³-hybridized carbons (Fsp3) is 0.594. The van der Waals surface area contributed by atoms with E-state index in [4.69, 9.17) is 4.74 Å². The number of nitrogens with one attached hydrogen (secondary N) is 3. The highest BCUT2D eigenvalue weighted by Crippen LogP contribution is 2.40. The number of unbranched alkanes of at least 4 members (excludes halogenated alkanes) is 2. The van der Waals surface area contributed by atoms with Gasteiger partial charge in [0.2, 0.25) is 0 Å². The number of fused-ring (bicyclic) bond motifs is 1. The van der Waals surface area contributed by atoms with E-state index in [0.29, 0.717) is 16.1 Å². The average Bonchev–Trinajstić information content (AvgIpc) is 3.09. The van der Waals surface area contributed by atoms with Crippen LogP contribution in [0.5, 0.6) is 0 Å². The van der Waals surface area contributed by atoms with Crippen LogP contribution in [0.4, 0.5) is 16.2 Å². The molecule has 2 amide bonds. The van der Waals surface area contributed by atoms with Gasteiger partial charge in [-0.05, 0) is 54.3 Å². The van der Waals surface area contributed by atoms with Crippen LogP contribution >= 0.6 is 0 Å². The normalized spacial score (nSPS) is 25.8. The number of urea groups is 1. The number of hydrogen-bond donors (Lipinski definition) is 6. The van der Waals surface area contributed by atoms with Crippen molar-refractivity contribution >= 4 is 27.2 Å². The number of aliphatic hydroxyl groups excluding tert-OH is 3. The highest BCUT2D eigenvalue weighted by atomic mass is 32.2. The van der Waals surface area contributed by atoms with E-state index < -0.39 is 52.0 Å². The van der Waals surface area contributed by atoms with Crippen LogP contribution in [0.1, 0.15) is 76.0 Å². The molecule has 0 aromatic heterocycles. The first kappa shape index (κ1) is 34.1. The van der Waals surface area contributed by atoms with E-state index in [0.717, 1.165) is 49.8 Å². The molecule has 244 valence electrons. The molecule has 2 aromatic carbocycles.